The van der Waals surface area contributed by atoms with E-state index in [0.717, 1.165) is 94.3 Å². The van der Waals surface area contributed by atoms with Crippen molar-refractivity contribution >= 4 is 37.7 Å². The SMILES string of the molecule is C.CC.COc1cccc(S(F)(F)(F)(F)F)c1.Cc1c(F)ccc2cccc(-c3nc4c5c(nc(OCC67CCCN6CCC7)nc5c3F)N3C[C@@H]5CC[C@@H](N5)[C@H]3CCC4)c12. The molecule has 0 amide bonds. The zero-order valence-corrected chi connectivity index (χ0v) is 35.0. The van der Waals surface area contributed by atoms with E-state index in [4.69, 9.17) is 19.7 Å². The average Bonchev–Trinajstić information content (AvgIpc) is 3.94. The third kappa shape index (κ3) is 8.43. The highest BCUT2D eigenvalue weighted by atomic mass is 32.5. The minimum absolute atomic E-state index is 0. The summed E-state index contributed by atoms with van der Waals surface area (Å²) in [4.78, 5) is 18.0. The second-order valence-corrected chi connectivity index (χ2v) is 18.8. The molecule has 5 aliphatic rings. The van der Waals surface area contributed by atoms with Gasteiger partial charge in [0.15, 0.2) is 5.82 Å². The Kier molecular flexibility index (Phi) is 11.7. The standard InChI is InChI=1S/C35H38F2N6O.C7H7F5OS.C2H6.CH4/c1-20-24(36)12-10-21-6-2-7-23(28(20)21)31-30(37)32-29-26(39-31)8-3-9-27-25-13-11-22(38-25)18-43(27)33(29)41-34(40-32)44-19-35-14-4-16-42(35)17-5-15-35;1-13-6-3-2-4-7(5-6)14(8,9,10,11)12;1-2;/h2,6-7,10,12,22,25,27,38H,3-5,8-9,11,13-19H2,1H3;2-5H,1H3;1-2H3;1H4/t22-,25+,27+;;;/m0.../s1. The first-order valence-corrected chi connectivity index (χ1v) is 22.8. The van der Waals surface area contributed by atoms with E-state index in [1.165, 1.54) is 18.9 Å². The molecular weight excluding hydrogens is 822 g/mol. The molecule has 0 spiro atoms. The van der Waals surface area contributed by atoms with Gasteiger partial charge in [0, 0.05) is 36.3 Å². The molecule has 0 saturated carbocycles. The molecule has 0 unspecified atom stereocenters. The van der Waals surface area contributed by atoms with Gasteiger partial charge in [0.2, 0.25) is 0 Å². The summed E-state index contributed by atoms with van der Waals surface area (Å²) < 4.78 is 104. The Balaban J connectivity index is 0.000000283. The van der Waals surface area contributed by atoms with Gasteiger partial charge in [-0.05, 0) is 112 Å². The number of anilines is 1. The molecule has 1 N–H and O–H groups in total. The van der Waals surface area contributed by atoms with Gasteiger partial charge in [-0.3, -0.25) is 4.90 Å². The first kappa shape index (κ1) is 44.6. The van der Waals surface area contributed by atoms with Crippen LogP contribution in [0.3, 0.4) is 0 Å². The molecule has 5 aromatic rings. The summed E-state index contributed by atoms with van der Waals surface area (Å²) in [7, 11) is -8.46. The minimum Gasteiger partial charge on any atom is -0.497 e. The van der Waals surface area contributed by atoms with Crippen LogP contribution in [0.15, 0.2) is 59.5 Å². The zero-order valence-electron chi connectivity index (χ0n) is 34.2. The third-order valence-corrected chi connectivity index (χ3v) is 14.0. The number of aryl methyl sites for hydroxylation is 2. The molecular formula is C45H55F7N6O2S. The first-order chi connectivity index (χ1) is 28.5. The van der Waals surface area contributed by atoms with Crippen LogP contribution in [0.25, 0.3) is 32.9 Å². The van der Waals surface area contributed by atoms with E-state index < -0.39 is 20.9 Å². The van der Waals surface area contributed by atoms with Crippen LogP contribution < -0.4 is 19.7 Å². The predicted octanol–water partition coefficient (Wildman–Crippen LogP) is 12.1. The van der Waals surface area contributed by atoms with Crippen molar-refractivity contribution in [2.75, 3.05) is 38.3 Å². The largest absolute Gasteiger partial charge is 0.497 e. The Morgan fingerprint density at radius 1 is 0.869 bits per heavy atom. The Bertz CT molecular complexity index is 2430. The fourth-order valence-corrected chi connectivity index (χ4v) is 10.7. The summed E-state index contributed by atoms with van der Waals surface area (Å²) in [6.45, 7) is 9.31. The summed E-state index contributed by atoms with van der Waals surface area (Å²) >= 11 is 0. The molecule has 5 aliphatic heterocycles. The second kappa shape index (κ2) is 16.1. The van der Waals surface area contributed by atoms with Gasteiger partial charge in [0.1, 0.15) is 40.1 Å². The maximum Gasteiger partial charge on any atom is 0.319 e. The third-order valence-electron chi connectivity index (χ3n) is 12.8. The molecule has 61 heavy (non-hydrogen) atoms. The lowest BCUT2D eigenvalue weighted by Gasteiger charge is -2.43. The molecule has 4 saturated heterocycles. The molecule has 8 nitrogen and oxygen atoms in total. The van der Waals surface area contributed by atoms with Gasteiger partial charge in [-0.25, -0.2) is 13.8 Å². The quantitative estimate of drug-likeness (QED) is 0.169. The fourth-order valence-electron chi connectivity index (χ4n) is 10.0. The van der Waals surface area contributed by atoms with Gasteiger partial charge in [0.25, 0.3) is 0 Å². The Labute approximate surface area is 353 Å². The highest BCUT2D eigenvalue weighted by molar-refractivity contribution is 8.45. The summed E-state index contributed by atoms with van der Waals surface area (Å²) in [6, 6.07) is 12.8. The smallest absolute Gasteiger partial charge is 0.319 e. The molecule has 2 bridgehead atoms. The molecule has 3 aromatic carbocycles. The number of pyridine rings is 1. The van der Waals surface area contributed by atoms with Crippen LogP contribution in [0.4, 0.5) is 34.0 Å². The van der Waals surface area contributed by atoms with Crippen molar-refractivity contribution in [3.63, 3.8) is 0 Å². The first-order valence-electron chi connectivity index (χ1n) is 20.9. The molecule has 10 rings (SSSR count). The molecule has 2 aromatic heterocycles. The van der Waals surface area contributed by atoms with Crippen LogP contribution in [0.2, 0.25) is 0 Å². The number of hydrogen-bond donors (Lipinski definition) is 1. The lowest BCUT2D eigenvalue weighted by Crippen LogP contribution is -2.58. The Morgan fingerprint density at radius 2 is 1.61 bits per heavy atom. The number of rotatable bonds is 6. The topological polar surface area (TPSA) is 75.6 Å². The number of hydrogen-bond acceptors (Lipinski definition) is 8. The molecule has 0 radical (unpaired) electrons. The van der Waals surface area contributed by atoms with Crippen LogP contribution in [0, 0.1) is 18.6 Å². The van der Waals surface area contributed by atoms with Gasteiger partial charge in [-0.2, -0.15) is 9.97 Å². The van der Waals surface area contributed by atoms with Crippen LogP contribution in [0.1, 0.15) is 83.9 Å². The summed E-state index contributed by atoms with van der Waals surface area (Å²) in [6.07, 6.45) is 9.53. The lowest BCUT2D eigenvalue weighted by molar-refractivity contribution is 0.108. The molecule has 7 heterocycles. The van der Waals surface area contributed by atoms with Crippen molar-refractivity contribution in [3.05, 3.63) is 77.5 Å². The monoisotopic (exact) mass is 876 g/mol. The van der Waals surface area contributed by atoms with Crippen molar-refractivity contribution in [2.45, 2.75) is 115 Å². The fraction of sp³-hybridized carbons (Fsp3) is 0.489. The maximum absolute atomic E-state index is 17.1. The average molecular weight is 877 g/mol. The number of halogens is 7. The van der Waals surface area contributed by atoms with Crippen molar-refractivity contribution in [1.29, 1.82) is 0 Å². The van der Waals surface area contributed by atoms with E-state index in [-0.39, 0.29) is 53.9 Å². The van der Waals surface area contributed by atoms with Gasteiger partial charge in [0.05, 0.1) is 23.7 Å². The highest BCUT2D eigenvalue weighted by Crippen LogP contribution is 3.02. The Hall–Kier alpha value is -4.41. The Morgan fingerprint density at radius 3 is 2.33 bits per heavy atom. The number of methoxy groups -OCH3 is 1. The number of ether oxygens (including phenoxy) is 2. The van der Waals surface area contributed by atoms with E-state index >= 15 is 4.39 Å². The van der Waals surface area contributed by atoms with E-state index in [1.54, 1.807) is 13.0 Å². The van der Waals surface area contributed by atoms with Crippen LogP contribution in [-0.2, 0) is 6.42 Å². The molecule has 332 valence electrons. The number of nitrogens with zero attached hydrogens (tertiary/aromatic N) is 5. The van der Waals surface area contributed by atoms with Gasteiger partial charge >= 0.3 is 16.2 Å². The van der Waals surface area contributed by atoms with Crippen LogP contribution in [-0.4, -0.2) is 76.9 Å². The van der Waals surface area contributed by atoms with E-state index in [2.05, 4.69) is 19.9 Å². The zero-order chi connectivity index (χ0) is 42.7. The van der Waals surface area contributed by atoms with E-state index in [1.807, 2.05) is 32.0 Å². The second-order valence-electron chi connectivity index (χ2n) is 16.4. The summed E-state index contributed by atoms with van der Waals surface area (Å²) in [5, 5.41) is 6.06. The molecule has 3 atom stereocenters. The normalized spacial score (nSPS) is 22.5. The molecule has 4 fully saturated rings. The number of fused-ring (bicyclic) bond motifs is 7. The number of benzene rings is 3. The minimum atomic E-state index is -9.56. The number of nitrogens with one attached hydrogen (secondary N) is 1. The maximum atomic E-state index is 17.1. The molecule has 0 aliphatic carbocycles. The van der Waals surface area contributed by atoms with Gasteiger partial charge < -0.3 is 19.7 Å². The van der Waals surface area contributed by atoms with Crippen molar-refractivity contribution in [3.8, 4) is 23.0 Å². The van der Waals surface area contributed by atoms with Crippen molar-refractivity contribution < 1.29 is 37.7 Å². The van der Waals surface area contributed by atoms with Crippen molar-refractivity contribution in [1.82, 2.24) is 25.2 Å². The predicted molar refractivity (Wildman–Crippen MR) is 230 cm³/mol. The van der Waals surface area contributed by atoms with Crippen LogP contribution in [0.5, 0.6) is 11.8 Å². The lowest BCUT2D eigenvalue weighted by atomic mass is 9.93. The van der Waals surface area contributed by atoms with Crippen molar-refractivity contribution in [2.24, 2.45) is 0 Å². The van der Waals surface area contributed by atoms with Gasteiger partial charge in [-0.15, -0.1) is 0 Å². The van der Waals surface area contributed by atoms with E-state index in [0.29, 0.717) is 53.1 Å². The molecule has 16 heteroatoms. The highest BCUT2D eigenvalue weighted by Gasteiger charge is 2.65. The van der Waals surface area contributed by atoms with Gasteiger partial charge in [-0.1, -0.05) is 71.0 Å². The number of piperazine rings is 1. The summed E-state index contributed by atoms with van der Waals surface area (Å²) in [5.74, 6) is -0.304. The van der Waals surface area contributed by atoms with E-state index in [9.17, 15) is 23.8 Å². The summed E-state index contributed by atoms with van der Waals surface area (Å²) in [5.41, 5.74) is 2.39. The van der Waals surface area contributed by atoms with Crippen LogP contribution >= 0.6 is 10.2 Å². The number of aromatic nitrogens is 3.